The molecule has 1 saturated heterocycles. The Kier molecular flexibility index (Phi) is 4.81. The number of benzene rings is 1. The SMILES string of the molecule is Clc1nc(NCc2ccccc2)c2ncn(CC3CCCNC3)c2n1. The van der Waals surface area contributed by atoms with Crippen molar-refractivity contribution in [2.24, 2.45) is 5.92 Å². The van der Waals surface area contributed by atoms with Crippen LogP contribution in [0.2, 0.25) is 5.28 Å². The predicted octanol–water partition coefficient (Wildman–Crippen LogP) is 3.09. The minimum absolute atomic E-state index is 0.242. The fraction of sp³-hybridized carbons (Fsp3) is 0.389. The number of nitrogens with zero attached hydrogens (tertiary/aromatic N) is 4. The van der Waals surface area contributed by atoms with Gasteiger partial charge in [0.2, 0.25) is 5.28 Å². The molecule has 3 heterocycles. The first-order valence-electron chi connectivity index (χ1n) is 8.66. The van der Waals surface area contributed by atoms with Gasteiger partial charge in [-0.1, -0.05) is 30.3 Å². The third kappa shape index (κ3) is 3.75. The van der Waals surface area contributed by atoms with E-state index in [0.29, 0.717) is 18.3 Å². The first-order chi connectivity index (χ1) is 12.3. The van der Waals surface area contributed by atoms with Gasteiger partial charge in [0.1, 0.15) is 0 Å². The molecule has 130 valence electrons. The summed E-state index contributed by atoms with van der Waals surface area (Å²) in [5.41, 5.74) is 2.74. The van der Waals surface area contributed by atoms with Crippen molar-refractivity contribution in [2.45, 2.75) is 25.9 Å². The van der Waals surface area contributed by atoms with Crippen molar-refractivity contribution in [3.63, 3.8) is 0 Å². The van der Waals surface area contributed by atoms with Crippen molar-refractivity contribution < 1.29 is 0 Å². The maximum Gasteiger partial charge on any atom is 0.226 e. The highest BCUT2D eigenvalue weighted by atomic mass is 35.5. The lowest BCUT2D eigenvalue weighted by atomic mass is 10.00. The van der Waals surface area contributed by atoms with Gasteiger partial charge in [0, 0.05) is 13.1 Å². The van der Waals surface area contributed by atoms with E-state index >= 15 is 0 Å². The molecule has 7 heteroatoms. The number of piperidine rings is 1. The second kappa shape index (κ2) is 7.37. The maximum absolute atomic E-state index is 6.16. The Morgan fingerprint density at radius 1 is 1.24 bits per heavy atom. The van der Waals surface area contributed by atoms with E-state index in [2.05, 4.69) is 42.3 Å². The van der Waals surface area contributed by atoms with Gasteiger partial charge < -0.3 is 15.2 Å². The molecule has 0 spiro atoms. The molecular formula is C18H21ClN6. The van der Waals surface area contributed by atoms with Gasteiger partial charge in [0.25, 0.3) is 0 Å². The largest absolute Gasteiger partial charge is 0.364 e. The molecule has 1 aliphatic heterocycles. The number of fused-ring (bicyclic) bond motifs is 1. The van der Waals surface area contributed by atoms with Crippen LogP contribution in [-0.2, 0) is 13.1 Å². The standard InChI is InChI=1S/C18H21ClN6/c19-18-23-16(21-10-13-5-2-1-3-6-13)15-17(24-18)25(12-22-15)11-14-7-4-8-20-9-14/h1-3,5-6,12,14,20H,4,7-11H2,(H,21,23,24). The Hall–Kier alpha value is -2.18. The number of hydrogen-bond donors (Lipinski definition) is 2. The topological polar surface area (TPSA) is 67.7 Å². The maximum atomic E-state index is 6.16. The molecule has 1 fully saturated rings. The lowest BCUT2D eigenvalue weighted by molar-refractivity contribution is 0.339. The van der Waals surface area contributed by atoms with Crippen molar-refractivity contribution in [3.8, 4) is 0 Å². The summed E-state index contributed by atoms with van der Waals surface area (Å²) < 4.78 is 2.09. The summed E-state index contributed by atoms with van der Waals surface area (Å²) in [6, 6.07) is 10.2. The fourth-order valence-electron chi connectivity index (χ4n) is 3.31. The number of halogens is 1. The molecule has 3 aromatic rings. The van der Waals surface area contributed by atoms with E-state index in [1.54, 1.807) is 0 Å². The number of nitrogens with one attached hydrogen (secondary N) is 2. The van der Waals surface area contributed by atoms with Gasteiger partial charge in [0.15, 0.2) is 17.0 Å². The molecule has 0 saturated carbocycles. The molecule has 2 aromatic heterocycles. The predicted molar refractivity (Wildman–Crippen MR) is 99.7 cm³/mol. The van der Waals surface area contributed by atoms with Crippen LogP contribution in [0.5, 0.6) is 0 Å². The molecule has 0 amide bonds. The minimum atomic E-state index is 0.242. The van der Waals surface area contributed by atoms with Gasteiger partial charge in [-0.3, -0.25) is 0 Å². The average Bonchev–Trinajstić information content (AvgIpc) is 3.04. The van der Waals surface area contributed by atoms with E-state index in [9.17, 15) is 0 Å². The summed E-state index contributed by atoms with van der Waals surface area (Å²) in [6.45, 7) is 3.72. The molecule has 25 heavy (non-hydrogen) atoms. The first-order valence-corrected chi connectivity index (χ1v) is 9.04. The third-order valence-electron chi connectivity index (χ3n) is 4.59. The summed E-state index contributed by atoms with van der Waals surface area (Å²) in [5.74, 6) is 1.28. The van der Waals surface area contributed by atoms with Gasteiger partial charge in [-0.15, -0.1) is 0 Å². The van der Waals surface area contributed by atoms with Crippen LogP contribution >= 0.6 is 11.6 Å². The number of aromatic nitrogens is 4. The molecule has 0 bridgehead atoms. The van der Waals surface area contributed by atoms with Crippen LogP contribution in [0.3, 0.4) is 0 Å². The van der Waals surface area contributed by atoms with Gasteiger partial charge >= 0.3 is 0 Å². The van der Waals surface area contributed by atoms with Crippen molar-refractivity contribution in [3.05, 3.63) is 47.5 Å². The lowest BCUT2D eigenvalue weighted by Crippen LogP contribution is -2.32. The summed E-state index contributed by atoms with van der Waals surface area (Å²) in [4.78, 5) is 13.3. The summed E-state index contributed by atoms with van der Waals surface area (Å²) in [7, 11) is 0. The van der Waals surface area contributed by atoms with E-state index in [-0.39, 0.29) is 5.28 Å². The van der Waals surface area contributed by atoms with Crippen LogP contribution in [0.1, 0.15) is 18.4 Å². The number of rotatable bonds is 5. The fourth-order valence-corrected chi connectivity index (χ4v) is 3.48. The lowest BCUT2D eigenvalue weighted by Gasteiger charge is -2.23. The molecule has 1 unspecified atom stereocenters. The zero-order chi connectivity index (χ0) is 17.1. The van der Waals surface area contributed by atoms with E-state index in [1.165, 1.54) is 18.4 Å². The van der Waals surface area contributed by atoms with E-state index in [0.717, 1.165) is 30.8 Å². The monoisotopic (exact) mass is 356 g/mol. The van der Waals surface area contributed by atoms with Crippen LogP contribution in [0, 0.1) is 5.92 Å². The first kappa shape index (κ1) is 16.3. The number of hydrogen-bond acceptors (Lipinski definition) is 5. The normalized spacial score (nSPS) is 17.7. The second-order valence-electron chi connectivity index (χ2n) is 6.46. The van der Waals surface area contributed by atoms with Crippen LogP contribution in [0.25, 0.3) is 11.2 Å². The highest BCUT2D eigenvalue weighted by molar-refractivity contribution is 6.28. The Balaban J connectivity index is 1.57. The molecule has 6 nitrogen and oxygen atoms in total. The van der Waals surface area contributed by atoms with E-state index < -0.39 is 0 Å². The van der Waals surface area contributed by atoms with Crippen molar-refractivity contribution in [1.29, 1.82) is 0 Å². The molecular weight excluding hydrogens is 336 g/mol. The average molecular weight is 357 g/mol. The molecule has 2 N–H and O–H groups in total. The van der Waals surface area contributed by atoms with E-state index in [1.807, 2.05) is 24.5 Å². The zero-order valence-electron chi connectivity index (χ0n) is 14.0. The van der Waals surface area contributed by atoms with Gasteiger partial charge in [-0.25, -0.2) is 4.98 Å². The zero-order valence-corrected chi connectivity index (χ0v) is 14.7. The number of anilines is 1. The highest BCUT2D eigenvalue weighted by Crippen LogP contribution is 2.23. The van der Waals surface area contributed by atoms with Crippen LogP contribution in [0.15, 0.2) is 36.7 Å². The quantitative estimate of drug-likeness (QED) is 0.687. The number of imidazole rings is 1. The highest BCUT2D eigenvalue weighted by Gasteiger charge is 2.17. The minimum Gasteiger partial charge on any atom is -0.364 e. The summed E-state index contributed by atoms with van der Waals surface area (Å²) in [5, 5.41) is 7.03. The molecule has 4 rings (SSSR count). The van der Waals surface area contributed by atoms with Gasteiger partial charge in [0.05, 0.1) is 6.33 Å². The summed E-state index contributed by atoms with van der Waals surface area (Å²) >= 11 is 6.16. The summed E-state index contributed by atoms with van der Waals surface area (Å²) in [6.07, 6.45) is 4.29. The smallest absolute Gasteiger partial charge is 0.226 e. The van der Waals surface area contributed by atoms with Crippen molar-refractivity contribution >= 4 is 28.6 Å². The van der Waals surface area contributed by atoms with Crippen molar-refractivity contribution in [2.75, 3.05) is 18.4 Å². The Morgan fingerprint density at radius 3 is 2.92 bits per heavy atom. The Bertz CT molecular complexity index is 841. The van der Waals surface area contributed by atoms with Gasteiger partial charge in [-0.05, 0) is 49.0 Å². The van der Waals surface area contributed by atoms with Crippen LogP contribution in [-0.4, -0.2) is 32.6 Å². The molecule has 1 aliphatic rings. The Labute approximate surface area is 151 Å². The second-order valence-corrected chi connectivity index (χ2v) is 6.80. The third-order valence-corrected chi connectivity index (χ3v) is 4.76. The molecule has 1 atom stereocenters. The molecule has 0 radical (unpaired) electrons. The molecule has 1 aromatic carbocycles. The molecule has 0 aliphatic carbocycles. The van der Waals surface area contributed by atoms with Gasteiger partial charge in [-0.2, -0.15) is 9.97 Å². The Morgan fingerprint density at radius 2 is 2.12 bits per heavy atom. The van der Waals surface area contributed by atoms with E-state index in [4.69, 9.17) is 11.6 Å². The van der Waals surface area contributed by atoms with Crippen LogP contribution < -0.4 is 10.6 Å². The van der Waals surface area contributed by atoms with Crippen LogP contribution in [0.4, 0.5) is 5.82 Å². The van der Waals surface area contributed by atoms with Crippen molar-refractivity contribution in [1.82, 2.24) is 24.8 Å².